The smallest absolute Gasteiger partial charge is 0.267 e. The van der Waals surface area contributed by atoms with Crippen molar-refractivity contribution in [2.45, 2.75) is 6.92 Å². The molecule has 23 heavy (non-hydrogen) atoms. The molecule has 6 heteroatoms. The summed E-state index contributed by atoms with van der Waals surface area (Å²) in [6.45, 7) is 2.25. The van der Waals surface area contributed by atoms with Gasteiger partial charge in [0.25, 0.3) is 11.8 Å². The molecule has 120 valence electrons. The van der Waals surface area contributed by atoms with Crippen LogP contribution in [0.5, 0.6) is 5.75 Å². The number of carbonyl (C=O) groups is 2. The molecule has 1 heterocycles. The highest BCUT2D eigenvalue weighted by Crippen LogP contribution is 2.12. The highest BCUT2D eigenvalue weighted by atomic mass is 16.5. The second kappa shape index (κ2) is 7.84. The van der Waals surface area contributed by atoms with Crippen molar-refractivity contribution < 1.29 is 18.7 Å². The van der Waals surface area contributed by atoms with Crippen LogP contribution in [0.2, 0.25) is 0 Å². The Balaban J connectivity index is 2.19. The third-order valence-corrected chi connectivity index (χ3v) is 3.01. The zero-order chi connectivity index (χ0) is 16.7. The van der Waals surface area contributed by atoms with E-state index in [4.69, 9.17) is 9.15 Å². The van der Waals surface area contributed by atoms with Crippen LogP contribution in [0.1, 0.15) is 23.0 Å². The fraction of sp³-hybridized carbons (Fsp3) is 0.176. The molecule has 2 amide bonds. The third-order valence-electron chi connectivity index (χ3n) is 3.01. The lowest BCUT2D eigenvalue weighted by Gasteiger charge is -2.10. The van der Waals surface area contributed by atoms with Gasteiger partial charge in [-0.15, -0.1) is 0 Å². The van der Waals surface area contributed by atoms with E-state index in [1.807, 2.05) is 0 Å². The molecule has 0 aliphatic heterocycles. The summed E-state index contributed by atoms with van der Waals surface area (Å²) in [6, 6.07) is 9.99. The quantitative estimate of drug-likeness (QED) is 0.801. The Morgan fingerprint density at radius 1 is 1.22 bits per heavy atom. The Morgan fingerprint density at radius 2 is 1.96 bits per heavy atom. The van der Waals surface area contributed by atoms with Gasteiger partial charge in [-0.05, 0) is 43.3 Å². The Morgan fingerprint density at radius 3 is 2.52 bits per heavy atom. The van der Waals surface area contributed by atoms with Crippen molar-refractivity contribution >= 4 is 17.9 Å². The van der Waals surface area contributed by atoms with E-state index in [1.165, 1.54) is 12.3 Å². The molecule has 1 aromatic heterocycles. The summed E-state index contributed by atoms with van der Waals surface area (Å²) in [6.07, 6.45) is 2.97. The maximum atomic E-state index is 12.3. The topological polar surface area (TPSA) is 80.6 Å². The van der Waals surface area contributed by atoms with Crippen molar-refractivity contribution in [3.05, 3.63) is 59.7 Å². The van der Waals surface area contributed by atoms with Crippen LogP contribution in [0.25, 0.3) is 6.08 Å². The minimum atomic E-state index is -0.392. The number of benzene rings is 1. The summed E-state index contributed by atoms with van der Waals surface area (Å²) < 4.78 is 10.2. The molecule has 0 radical (unpaired) electrons. The summed E-state index contributed by atoms with van der Waals surface area (Å²) in [4.78, 5) is 24.4. The zero-order valence-electron chi connectivity index (χ0n) is 13.0. The van der Waals surface area contributed by atoms with Crippen LogP contribution in [-0.2, 0) is 4.79 Å². The van der Waals surface area contributed by atoms with Crippen LogP contribution in [0.3, 0.4) is 0 Å². The van der Waals surface area contributed by atoms with E-state index < -0.39 is 5.91 Å². The maximum absolute atomic E-state index is 12.3. The van der Waals surface area contributed by atoms with Crippen LogP contribution in [0.4, 0.5) is 0 Å². The van der Waals surface area contributed by atoms with Crippen LogP contribution in [0.15, 0.2) is 52.8 Å². The number of rotatable bonds is 6. The van der Waals surface area contributed by atoms with E-state index in [0.29, 0.717) is 23.6 Å². The fourth-order valence-corrected chi connectivity index (χ4v) is 1.87. The lowest BCUT2D eigenvalue weighted by atomic mass is 10.2. The molecule has 0 aliphatic rings. The third kappa shape index (κ3) is 4.47. The number of hydrogen-bond donors (Lipinski definition) is 2. The fourth-order valence-electron chi connectivity index (χ4n) is 1.87. The van der Waals surface area contributed by atoms with E-state index in [2.05, 4.69) is 10.6 Å². The first-order chi connectivity index (χ1) is 11.1. The molecule has 0 saturated heterocycles. The van der Waals surface area contributed by atoms with Gasteiger partial charge in [0.15, 0.2) is 0 Å². The standard InChI is InChI=1S/C17H18N2O4/c1-3-18-17(21)15(11-14-5-4-10-23-14)19-16(20)12-6-8-13(22-2)9-7-12/h4-11H,3H2,1-2H3,(H,18,21)(H,19,20). The van der Waals surface area contributed by atoms with Crippen molar-refractivity contribution in [3.63, 3.8) is 0 Å². The van der Waals surface area contributed by atoms with Gasteiger partial charge >= 0.3 is 0 Å². The molecule has 0 aliphatic carbocycles. The predicted octanol–water partition coefficient (Wildman–Crippen LogP) is 2.20. The van der Waals surface area contributed by atoms with Crippen LogP contribution < -0.4 is 15.4 Å². The normalized spacial score (nSPS) is 11.0. The Hall–Kier alpha value is -3.02. The molecular weight excluding hydrogens is 296 g/mol. The summed E-state index contributed by atoms with van der Waals surface area (Å²) in [5.74, 6) is 0.348. The first-order valence-electron chi connectivity index (χ1n) is 7.13. The predicted molar refractivity (Wildman–Crippen MR) is 85.8 cm³/mol. The average Bonchev–Trinajstić information content (AvgIpc) is 3.07. The molecule has 0 unspecified atom stereocenters. The minimum Gasteiger partial charge on any atom is -0.497 e. The minimum absolute atomic E-state index is 0.114. The Bertz CT molecular complexity index is 688. The van der Waals surface area contributed by atoms with Gasteiger partial charge in [0, 0.05) is 18.2 Å². The molecule has 0 fully saturated rings. The Labute approximate surface area is 134 Å². The van der Waals surface area contributed by atoms with Gasteiger partial charge in [-0.25, -0.2) is 0 Å². The monoisotopic (exact) mass is 314 g/mol. The largest absolute Gasteiger partial charge is 0.497 e. The SMILES string of the molecule is CCNC(=O)C(=Cc1ccco1)NC(=O)c1ccc(OC)cc1. The van der Waals surface area contributed by atoms with E-state index in [1.54, 1.807) is 50.4 Å². The van der Waals surface area contributed by atoms with Crippen molar-refractivity contribution in [2.75, 3.05) is 13.7 Å². The molecule has 0 spiro atoms. The number of amides is 2. The number of ether oxygens (including phenoxy) is 1. The number of carbonyl (C=O) groups excluding carboxylic acids is 2. The van der Waals surface area contributed by atoms with Crippen LogP contribution >= 0.6 is 0 Å². The second-order valence-electron chi connectivity index (χ2n) is 4.62. The molecule has 0 atom stereocenters. The van der Waals surface area contributed by atoms with Gasteiger partial charge in [-0.2, -0.15) is 0 Å². The van der Waals surface area contributed by atoms with Crippen molar-refractivity contribution in [1.82, 2.24) is 10.6 Å². The van der Waals surface area contributed by atoms with Crippen LogP contribution in [0, 0.1) is 0 Å². The number of methoxy groups -OCH3 is 1. The van der Waals surface area contributed by atoms with Gasteiger partial charge in [0.2, 0.25) is 0 Å². The lowest BCUT2D eigenvalue weighted by molar-refractivity contribution is -0.117. The molecule has 6 nitrogen and oxygen atoms in total. The van der Waals surface area contributed by atoms with Gasteiger partial charge in [-0.3, -0.25) is 9.59 Å². The second-order valence-corrected chi connectivity index (χ2v) is 4.62. The van der Waals surface area contributed by atoms with Gasteiger partial charge in [-0.1, -0.05) is 0 Å². The zero-order valence-corrected chi connectivity index (χ0v) is 13.0. The highest BCUT2D eigenvalue weighted by Gasteiger charge is 2.14. The van der Waals surface area contributed by atoms with E-state index in [-0.39, 0.29) is 11.6 Å². The summed E-state index contributed by atoms with van der Waals surface area (Å²) in [7, 11) is 1.55. The molecule has 0 saturated carbocycles. The summed E-state index contributed by atoms with van der Waals surface area (Å²) in [5.41, 5.74) is 0.531. The highest BCUT2D eigenvalue weighted by molar-refractivity contribution is 6.05. The molecular formula is C17H18N2O4. The van der Waals surface area contributed by atoms with E-state index >= 15 is 0 Å². The molecule has 2 N–H and O–H groups in total. The Kier molecular flexibility index (Phi) is 5.57. The first-order valence-corrected chi connectivity index (χ1v) is 7.13. The molecule has 0 bridgehead atoms. The first kappa shape index (κ1) is 16.4. The van der Waals surface area contributed by atoms with Crippen molar-refractivity contribution in [2.24, 2.45) is 0 Å². The van der Waals surface area contributed by atoms with Crippen LogP contribution in [-0.4, -0.2) is 25.5 Å². The number of furan rings is 1. The summed E-state index contributed by atoms with van der Waals surface area (Å²) >= 11 is 0. The van der Waals surface area contributed by atoms with Crippen molar-refractivity contribution in [1.29, 1.82) is 0 Å². The van der Waals surface area contributed by atoms with Gasteiger partial charge < -0.3 is 19.8 Å². The summed E-state index contributed by atoms with van der Waals surface area (Å²) in [5, 5.41) is 5.25. The number of nitrogens with one attached hydrogen (secondary N) is 2. The van der Waals surface area contributed by atoms with Gasteiger partial charge in [0.05, 0.1) is 13.4 Å². The van der Waals surface area contributed by atoms with E-state index in [0.717, 1.165) is 0 Å². The lowest BCUT2D eigenvalue weighted by Crippen LogP contribution is -2.34. The van der Waals surface area contributed by atoms with Crippen molar-refractivity contribution in [3.8, 4) is 5.75 Å². The number of likely N-dealkylation sites (N-methyl/N-ethyl adjacent to an activating group) is 1. The molecule has 2 rings (SSSR count). The van der Waals surface area contributed by atoms with Gasteiger partial charge in [0.1, 0.15) is 17.2 Å². The van der Waals surface area contributed by atoms with E-state index in [9.17, 15) is 9.59 Å². The average molecular weight is 314 g/mol. The number of hydrogen-bond acceptors (Lipinski definition) is 4. The molecule has 2 aromatic rings. The maximum Gasteiger partial charge on any atom is 0.267 e. The molecule has 1 aromatic carbocycles.